The Morgan fingerprint density at radius 3 is 2.64 bits per heavy atom. The average molecular weight is 407 g/mol. The van der Waals surface area contributed by atoms with Crippen LogP contribution in [0.5, 0.6) is 0 Å². The molecule has 3 atom stereocenters. The summed E-state index contributed by atoms with van der Waals surface area (Å²) in [6.07, 6.45) is 4.47. The number of fused-ring (bicyclic) bond motifs is 1. The van der Waals surface area contributed by atoms with Crippen LogP contribution in [0.3, 0.4) is 0 Å². The van der Waals surface area contributed by atoms with Gasteiger partial charge in [0.25, 0.3) is 0 Å². The molecule has 0 unspecified atom stereocenters. The van der Waals surface area contributed by atoms with Crippen LogP contribution in [0.25, 0.3) is 0 Å². The lowest BCUT2D eigenvalue weighted by Crippen LogP contribution is -2.38. The van der Waals surface area contributed by atoms with Gasteiger partial charge in [0.05, 0.1) is 18.4 Å². The third-order valence-electron chi connectivity index (χ3n) is 6.66. The first-order chi connectivity index (χ1) is 13.3. The van der Waals surface area contributed by atoms with Gasteiger partial charge in [-0.05, 0) is 63.6 Å². The Bertz CT molecular complexity index is 949. The minimum atomic E-state index is -3.51. The van der Waals surface area contributed by atoms with E-state index in [4.69, 9.17) is 4.42 Å². The molecule has 0 aromatic carbocycles. The maximum atomic E-state index is 13.1. The number of aryl methyl sites for hydroxylation is 2. The van der Waals surface area contributed by atoms with Crippen molar-refractivity contribution >= 4 is 10.0 Å². The van der Waals surface area contributed by atoms with Crippen molar-refractivity contribution in [2.75, 3.05) is 20.1 Å². The largest absolute Gasteiger partial charge is 0.465 e. The molecular formula is C20H30N4O3S. The molecule has 0 amide bonds. The summed E-state index contributed by atoms with van der Waals surface area (Å²) in [7, 11) is -0.0123. The summed E-state index contributed by atoms with van der Waals surface area (Å²) in [6.45, 7) is 6.67. The fourth-order valence-electron chi connectivity index (χ4n) is 4.84. The molecule has 1 aliphatic carbocycles. The fourth-order valence-corrected chi connectivity index (χ4v) is 6.40. The van der Waals surface area contributed by atoms with Gasteiger partial charge in [0.15, 0.2) is 0 Å². The number of aromatic nitrogens is 2. The fraction of sp³-hybridized carbons (Fsp3) is 0.650. The number of furan rings is 1. The molecule has 0 bridgehead atoms. The second kappa shape index (κ2) is 7.31. The monoisotopic (exact) mass is 406 g/mol. The van der Waals surface area contributed by atoms with Crippen molar-refractivity contribution in [1.29, 1.82) is 0 Å². The molecule has 8 heteroatoms. The normalized spacial score (nSPS) is 26.1. The van der Waals surface area contributed by atoms with Crippen LogP contribution in [-0.2, 0) is 23.6 Å². The van der Waals surface area contributed by atoms with Crippen molar-refractivity contribution in [3.63, 3.8) is 0 Å². The summed E-state index contributed by atoms with van der Waals surface area (Å²) in [5.74, 6) is 3.11. The number of sulfonamides is 1. The number of rotatable bonds is 5. The summed E-state index contributed by atoms with van der Waals surface area (Å²) >= 11 is 0. The van der Waals surface area contributed by atoms with Crippen LogP contribution in [0.2, 0.25) is 0 Å². The Labute approximate surface area is 167 Å². The van der Waals surface area contributed by atoms with Gasteiger partial charge in [-0.25, -0.2) is 8.42 Å². The van der Waals surface area contributed by atoms with Gasteiger partial charge in [-0.2, -0.15) is 9.40 Å². The number of likely N-dealkylation sites (tertiary alicyclic amines) is 1. The van der Waals surface area contributed by atoms with Crippen molar-refractivity contribution in [1.82, 2.24) is 19.0 Å². The smallest absolute Gasteiger partial charge is 0.246 e. The molecule has 0 radical (unpaired) electrons. The maximum Gasteiger partial charge on any atom is 0.246 e. The highest BCUT2D eigenvalue weighted by Gasteiger charge is 2.42. The lowest BCUT2D eigenvalue weighted by molar-refractivity contribution is 0.124. The molecule has 2 aromatic heterocycles. The van der Waals surface area contributed by atoms with E-state index in [9.17, 15) is 8.42 Å². The molecule has 3 heterocycles. The third-order valence-corrected chi connectivity index (χ3v) is 8.68. The molecule has 2 fully saturated rings. The van der Waals surface area contributed by atoms with E-state index < -0.39 is 10.0 Å². The van der Waals surface area contributed by atoms with Crippen LogP contribution < -0.4 is 0 Å². The molecule has 28 heavy (non-hydrogen) atoms. The number of hydrogen-bond donors (Lipinski definition) is 0. The summed E-state index contributed by atoms with van der Waals surface area (Å²) in [5.41, 5.74) is 0.683. The van der Waals surface area contributed by atoms with Crippen molar-refractivity contribution < 1.29 is 12.8 Å². The van der Waals surface area contributed by atoms with Gasteiger partial charge in [0, 0.05) is 26.7 Å². The SMILES string of the molecule is Cc1ccc(CN2CC[C@@H]3C[C@H](N(C)S(=O)(=O)c4cnn(C)c4C)C[C@@H]3C2)o1. The zero-order valence-corrected chi connectivity index (χ0v) is 17.9. The summed E-state index contributed by atoms with van der Waals surface area (Å²) in [5, 5.41) is 4.11. The van der Waals surface area contributed by atoms with Crippen LogP contribution >= 0.6 is 0 Å². The molecule has 2 aliphatic rings. The zero-order valence-electron chi connectivity index (χ0n) is 17.1. The van der Waals surface area contributed by atoms with E-state index in [0.29, 0.717) is 22.4 Å². The Kier molecular flexibility index (Phi) is 5.14. The van der Waals surface area contributed by atoms with E-state index >= 15 is 0 Å². The van der Waals surface area contributed by atoms with Crippen LogP contribution in [0.4, 0.5) is 0 Å². The van der Waals surface area contributed by atoms with Gasteiger partial charge >= 0.3 is 0 Å². The molecule has 0 spiro atoms. The average Bonchev–Trinajstić information content (AvgIpc) is 3.34. The highest BCUT2D eigenvalue weighted by molar-refractivity contribution is 7.89. The van der Waals surface area contributed by atoms with E-state index in [1.54, 1.807) is 30.0 Å². The lowest BCUT2D eigenvalue weighted by Gasteiger charge is -2.34. The standard InChI is InChI=1S/C20H30N4O3S/c1-14-5-6-19(27-14)13-24-8-7-16-9-18(10-17(16)12-24)23(4)28(25,26)20-11-21-22(3)15(20)2/h5-6,11,16-18H,7-10,12-13H2,1-4H3/t16-,17-,18+/m1/s1. The van der Waals surface area contributed by atoms with Crippen LogP contribution in [0.1, 0.15) is 36.5 Å². The Hall–Kier alpha value is -1.64. The quantitative estimate of drug-likeness (QED) is 0.763. The van der Waals surface area contributed by atoms with Crippen LogP contribution in [0, 0.1) is 25.7 Å². The summed E-state index contributed by atoms with van der Waals surface area (Å²) < 4.78 is 35.2. The highest BCUT2D eigenvalue weighted by Crippen LogP contribution is 2.41. The molecule has 154 valence electrons. The number of piperidine rings is 1. The Morgan fingerprint density at radius 2 is 2.00 bits per heavy atom. The Balaban J connectivity index is 1.42. The van der Waals surface area contributed by atoms with Crippen molar-refractivity contribution in [3.8, 4) is 0 Å². The van der Waals surface area contributed by atoms with Gasteiger partial charge in [0.2, 0.25) is 10.0 Å². The maximum absolute atomic E-state index is 13.1. The molecule has 4 rings (SSSR count). The zero-order chi connectivity index (χ0) is 20.1. The minimum absolute atomic E-state index is 0.0606. The second-order valence-corrected chi connectivity index (χ2v) is 10.4. The first-order valence-electron chi connectivity index (χ1n) is 10.00. The van der Waals surface area contributed by atoms with E-state index in [0.717, 1.165) is 50.4 Å². The molecule has 0 N–H and O–H groups in total. The molecule has 1 aliphatic heterocycles. The van der Waals surface area contributed by atoms with Crippen molar-refractivity contribution in [2.45, 2.75) is 50.6 Å². The van der Waals surface area contributed by atoms with E-state index in [1.807, 2.05) is 13.0 Å². The van der Waals surface area contributed by atoms with Gasteiger partial charge in [-0.3, -0.25) is 9.58 Å². The third kappa shape index (κ3) is 3.53. The van der Waals surface area contributed by atoms with E-state index in [2.05, 4.69) is 16.1 Å². The van der Waals surface area contributed by atoms with E-state index in [1.165, 1.54) is 6.20 Å². The predicted octanol–water partition coefficient (Wildman–Crippen LogP) is 2.55. The summed E-state index contributed by atoms with van der Waals surface area (Å²) in [4.78, 5) is 2.77. The first kappa shape index (κ1) is 19.7. The van der Waals surface area contributed by atoms with Crippen molar-refractivity contribution in [2.24, 2.45) is 18.9 Å². The topological polar surface area (TPSA) is 71.6 Å². The molecule has 1 saturated carbocycles. The van der Waals surface area contributed by atoms with Crippen LogP contribution in [-0.4, -0.2) is 53.6 Å². The summed E-state index contributed by atoms with van der Waals surface area (Å²) in [6, 6.07) is 4.12. The molecule has 2 aromatic rings. The number of hydrogen-bond acceptors (Lipinski definition) is 5. The first-order valence-corrected chi connectivity index (χ1v) is 11.4. The van der Waals surface area contributed by atoms with E-state index in [-0.39, 0.29) is 6.04 Å². The number of nitrogens with zero attached hydrogens (tertiary/aromatic N) is 4. The van der Waals surface area contributed by atoms with Gasteiger partial charge < -0.3 is 4.42 Å². The van der Waals surface area contributed by atoms with Gasteiger partial charge in [-0.15, -0.1) is 0 Å². The molecule has 1 saturated heterocycles. The van der Waals surface area contributed by atoms with Crippen LogP contribution in [0.15, 0.2) is 27.6 Å². The molecular weight excluding hydrogens is 376 g/mol. The lowest BCUT2D eigenvalue weighted by atomic mass is 9.89. The molecule has 7 nitrogen and oxygen atoms in total. The highest BCUT2D eigenvalue weighted by atomic mass is 32.2. The predicted molar refractivity (Wildman–Crippen MR) is 106 cm³/mol. The second-order valence-electron chi connectivity index (χ2n) is 8.42. The minimum Gasteiger partial charge on any atom is -0.465 e. The van der Waals surface area contributed by atoms with Gasteiger partial charge in [0.1, 0.15) is 16.4 Å². The van der Waals surface area contributed by atoms with Gasteiger partial charge in [-0.1, -0.05) is 0 Å². The Morgan fingerprint density at radius 1 is 1.25 bits per heavy atom. The van der Waals surface area contributed by atoms with Crippen molar-refractivity contribution in [3.05, 3.63) is 35.5 Å².